The maximum absolute atomic E-state index is 13.5. The quantitative estimate of drug-likeness (QED) is 0.172. The van der Waals surface area contributed by atoms with Gasteiger partial charge in [-0.1, -0.05) is 127 Å². The highest BCUT2D eigenvalue weighted by Gasteiger charge is 2.32. The standard InChI is InChI=1S/C46H30N4O2S/c51-53(52)42-21-10-8-19-37(42)38-24-23-34(29-43(38)53)33-16-11-17-35(28-33)50-40-20-9-7-18-36(40)39-26-30(22-25-41(39)50)27-44-47-45(31-12-3-1-4-13-31)49-46(48-44)32-14-5-2-6-15-32/h1-26,28-29H,27H2. The van der Waals surface area contributed by atoms with Gasteiger partial charge in [-0.2, -0.15) is 0 Å². The second-order valence-electron chi connectivity index (χ2n) is 13.3. The molecule has 1 aliphatic rings. The molecule has 0 unspecified atom stereocenters. The number of aromatic nitrogens is 4. The minimum absolute atomic E-state index is 0.357. The van der Waals surface area contributed by atoms with Gasteiger partial charge in [0.25, 0.3) is 0 Å². The van der Waals surface area contributed by atoms with E-state index in [1.807, 2.05) is 103 Å². The lowest BCUT2D eigenvalue weighted by atomic mass is 10.00. The van der Waals surface area contributed by atoms with Crippen molar-refractivity contribution in [2.75, 3.05) is 0 Å². The molecule has 0 spiro atoms. The van der Waals surface area contributed by atoms with Crippen LogP contribution in [0, 0.1) is 0 Å². The Bertz CT molecular complexity index is 2940. The highest BCUT2D eigenvalue weighted by molar-refractivity contribution is 7.92. The summed E-state index contributed by atoms with van der Waals surface area (Å²) in [5, 5.41) is 2.27. The van der Waals surface area contributed by atoms with Gasteiger partial charge < -0.3 is 4.57 Å². The molecule has 7 heteroatoms. The predicted molar refractivity (Wildman–Crippen MR) is 211 cm³/mol. The van der Waals surface area contributed by atoms with E-state index < -0.39 is 9.84 Å². The molecule has 0 atom stereocenters. The van der Waals surface area contributed by atoms with Crippen molar-refractivity contribution < 1.29 is 8.42 Å². The van der Waals surface area contributed by atoms with Crippen LogP contribution in [-0.4, -0.2) is 27.9 Å². The van der Waals surface area contributed by atoms with Crippen LogP contribution in [0.3, 0.4) is 0 Å². The third-order valence-electron chi connectivity index (χ3n) is 10.0. The average molecular weight is 703 g/mol. The summed E-state index contributed by atoms with van der Waals surface area (Å²) in [6, 6.07) is 56.4. The summed E-state index contributed by atoms with van der Waals surface area (Å²) in [5.74, 6) is 2.00. The first kappa shape index (κ1) is 31.1. The monoisotopic (exact) mass is 702 g/mol. The fourth-order valence-corrected chi connectivity index (χ4v) is 9.25. The fourth-order valence-electron chi connectivity index (χ4n) is 7.54. The summed E-state index contributed by atoms with van der Waals surface area (Å²) in [6.07, 6.45) is 0.540. The van der Waals surface area contributed by atoms with Gasteiger partial charge in [0.2, 0.25) is 9.84 Å². The molecule has 0 fully saturated rings. The number of hydrogen-bond donors (Lipinski definition) is 0. The lowest BCUT2D eigenvalue weighted by molar-refractivity contribution is 0.598. The predicted octanol–water partition coefficient (Wildman–Crippen LogP) is 10.4. The van der Waals surface area contributed by atoms with Gasteiger partial charge >= 0.3 is 0 Å². The minimum Gasteiger partial charge on any atom is -0.309 e. The Hall–Kier alpha value is -6.70. The first-order valence-electron chi connectivity index (χ1n) is 17.5. The third kappa shape index (κ3) is 5.24. The molecule has 2 aromatic heterocycles. The van der Waals surface area contributed by atoms with Crippen molar-refractivity contribution in [2.45, 2.75) is 16.2 Å². The van der Waals surface area contributed by atoms with Crippen LogP contribution in [0.15, 0.2) is 180 Å². The van der Waals surface area contributed by atoms with E-state index >= 15 is 0 Å². The maximum Gasteiger partial charge on any atom is 0.207 e. The molecule has 6 nitrogen and oxygen atoms in total. The van der Waals surface area contributed by atoms with Gasteiger partial charge in [-0.3, -0.25) is 0 Å². The van der Waals surface area contributed by atoms with E-state index in [4.69, 9.17) is 15.0 Å². The van der Waals surface area contributed by atoms with Gasteiger partial charge in [0.1, 0.15) is 5.82 Å². The third-order valence-corrected chi connectivity index (χ3v) is 11.9. The van der Waals surface area contributed by atoms with Crippen LogP contribution in [0.2, 0.25) is 0 Å². The van der Waals surface area contributed by atoms with E-state index in [0.717, 1.165) is 66.4 Å². The smallest absolute Gasteiger partial charge is 0.207 e. The number of para-hydroxylation sites is 1. The fraction of sp³-hybridized carbons (Fsp3) is 0.0217. The van der Waals surface area contributed by atoms with Gasteiger partial charge in [-0.15, -0.1) is 0 Å². The van der Waals surface area contributed by atoms with Crippen molar-refractivity contribution in [2.24, 2.45) is 0 Å². The van der Waals surface area contributed by atoms with E-state index in [2.05, 4.69) is 59.2 Å². The molecule has 0 radical (unpaired) electrons. The second-order valence-corrected chi connectivity index (χ2v) is 15.2. The van der Waals surface area contributed by atoms with Crippen molar-refractivity contribution in [1.82, 2.24) is 19.5 Å². The summed E-state index contributed by atoms with van der Waals surface area (Å²) >= 11 is 0. The molecule has 9 aromatic rings. The van der Waals surface area contributed by atoms with Crippen LogP contribution in [-0.2, 0) is 16.3 Å². The molecule has 53 heavy (non-hydrogen) atoms. The summed E-state index contributed by atoms with van der Waals surface area (Å²) in [7, 11) is -3.58. The Labute approximate surface area is 306 Å². The molecule has 1 aliphatic heterocycles. The van der Waals surface area contributed by atoms with Crippen LogP contribution < -0.4 is 0 Å². The number of nitrogens with zero attached hydrogens (tertiary/aromatic N) is 4. The highest BCUT2D eigenvalue weighted by Crippen LogP contribution is 2.44. The van der Waals surface area contributed by atoms with Crippen LogP contribution in [0.25, 0.3) is 72.5 Å². The van der Waals surface area contributed by atoms with E-state index in [1.54, 1.807) is 12.1 Å². The average Bonchev–Trinajstić information content (AvgIpc) is 3.66. The normalized spacial score (nSPS) is 12.9. The Morgan fingerprint density at radius 2 is 1.08 bits per heavy atom. The molecular formula is C46H30N4O2S. The number of hydrogen-bond acceptors (Lipinski definition) is 5. The molecule has 0 saturated heterocycles. The summed E-state index contributed by atoms with van der Waals surface area (Å²) in [5.41, 5.74) is 9.45. The van der Waals surface area contributed by atoms with Crippen molar-refractivity contribution in [3.05, 3.63) is 181 Å². The molecule has 0 aliphatic carbocycles. The number of sulfone groups is 1. The Kier molecular flexibility index (Phi) is 7.16. The molecule has 0 N–H and O–H groups in total. The lowest BCUT2D eigenvalue weighted by Gasteiger charge is -2.12. The van der Waals surface area contributed by atoms with Crippen LogP contribution in [0.4, 0.5) is 0 Å². The van der Waals surface area contributed by atoms with Crippen molar-refractivity contribution in [3.8, 4) is 50.7 Å². The van der Waals surface area contributed by atoms with Crippen molar-refractivity contribution >= 4 is 31.6 Å². The molecule has 0 saturated carbocycles. The summed E-state index contributed by atoms with van der Waals surface area (Å²) < 4.78 is 29.3. The van der Waals surface area contributed by atoms with Crippen molar-refractivity contribution in [3.63, 3.8) is 0 Å². The second kappa shape index (κ2) is 12.2. The molecule has 10 rings (SSSR count). The Morgan fingerprint density at radius 1 is 0.453 bits per heavy atom. The Balaban J connectivity index is 1.05. The number of rotatable bonds is 6. The first-order chi connectivity index (χ1) is 26.0. The SMILES string of the molecule is O=S1(=O)c2ccccc2-c2ccc(-c3cccc(-n4c5ccccc5c5cc(Cc6nc(-c7ccccc7)nc(-c7ccccc7)n6)ccc54)c3)cc21. The zero-order valence-corrected chi connectivity index (χ0v) is 29.2. The molecule has 0 bridgehead atoms. The topological polar surface area (TPSA) is 77.7 Å². The van der Waals surface area contributed by atoms with E-state index in [9.17, 15) is 8.42 Å². The van der Waals surface area contributed by atoms with Crippen LogP contribution in [0.1, 0.15) is 11.4 Å². The maximum atomic E-state index is 13.5. The molecule has 3 heterocycles. The highest BCUT2D eigenvalue weighted by atomic mass is 32.2. The van der Waals surface area contributed by atoms with Gasteiger partial charge in [0.05, 0.1) is 20.8 Å². The molecule has 252 valence electrons. The lowest BCUT2D eigenvalue weighted by Crippen LogP contribution is -2.04. The van der Waals surface area contributed by atoms with Crippen LogP contribution >= 0.6 is 0 Å². The van der Waals surface area contributed by atoms with Gasteiger partial charge in [-0.25, -0.2) is 23.4 Å². The largest absolute Gasteiger partial charge is 0.309 e. The van der Waals surface area contributed by atoms with E-state index in [-0.39, 0.29) is 0 Å². The number of benzene rings is 7. The zero-order chi connectivity index (χ0) is 35.5. The van der Waals surface area contributed by atoms with E-state index in [1.165, 1.54) is 0 Å². The minimum atomic E-state index is -3.58. The van der Waals surface area contributed by atoms with E-state index in [0.29, 0.717) is 33.7 Å². The van der Waals surface area contributed by atoms with Crippen molar-refractivity contribution in [1.29, 1.82) is 0 Å². The Morgan fingerprint density at radius 3 is 1.85 bits per heavy atom. The molecule has 7 aromatic carbocycles. The van der Waals surface area contributed by atoms with Gasteiger partial charge in [-0.05, 0) is 59.2 Å². The van der Waals surface area contributed by atoms with Gasteiger partial charge in [0, 0.05) is 45.1 Å². The zero-order valence-electron chi connectivity index (χ0n) is 28.4. The van der Waals surface area contributed by atoms with Gasteiger partial charge in [0.15, 0.2) is 11.6 Å². The number of fused-ring (bicyclic) bond motifs is 6. The summed E-state index contributed by atoms with van der Waals surface area (Å²) in [6.45, 7) is 0. The van der Waals surface area contributed by atoms with Crippen LogP contribution in [0.5, 0.6) is 0 Å². The molecular weight excluding hydrogens is 673 g/mol. The summed E-state index contributed by atoms with van der Waals surface area (Å²) in [4.78, 5) is 15.4. The molecule has 0 amide bonds. The first-order valence-corrected chi connectivity index (χ1v) is 19.0.